The second kappa shape index (κ2) is 7.18. The van der Waals surface area contributed by atoms with E-state index in [1.165, 1.54) is 0 Å². The van der Waals surface area contributed by atoms with Crippen molar-refractivity contribution in [3.8, 4) is 17.2 Å². The van der Waals surface area contributed by atoms with E-state index in [0.29, 0.717) is 23.0 Å². The fourth-order valence-electron chi connectivity index (χ4n) is 3.06. The van der Waals surface area contributed by atoms with Gasteiger partial charge in [-0.3, -0.25) is 9.36 Å². The first-order valence-corrected chi connectivity index (χ1v) is 9.18. The van der Waals surface area contributed by atoms with Crippen molar-refractivity contribution in [3.05, 3.63) is 99.0 Å². The quantitative estimate of drug-likeness (QED) is 0.485. The molecule has 0 bridgehead atoms. The monoisotopic (exact) mass is 415 g/mol. The van der Waals surface area contributed by atoms with Crippen LogP contribution in [0.5, 0.6) is 0 Å². The van der Waals surface area contributed by atoms with Crippen LogP contribution in [0.25, 0.3) is 22.0 Å². The molecule has 0 amide bonds. The lowest BCUT2D eigenvalue weighted by Gasteiger charge is -2.09. The Kier molecular flexibility index (Phi) is 4.57. The molecule has 0 saturated carbocycles. The molecule has 4 rings (SSSR count). The Morgan fingerprint density at radius 2 is 1.81 bits per heavy atom. The van der Waals surface area contributed by atoms with Crippen LogP contribution in [0.4, 0.5) is 0 Å². The molecule has 27 heavy (non-hydrogen) atoms. The van der Waals surface area contributed by atoms with Gasteiger partial charge < -0.3 is 0 Å². The van der Waals surface area contributed by atoms with Gasteiger partial charge in [0.15, 0.2) is 0 Å². The molecule has 1 heterocycles. The number of rotatable bonds is 3. The zero-order valence-corrected chi connectivity index (χ0v) is 15.8. The average Bonchev–Trinajstić information content (AvgIpc) is 2.71. The van der Waals surface area contributed by atoms with Gasteiger partial charge in [-0.25, -0.2) is 4.98 Å². The summed E-state index contributed by atoms with van der Waals surface area (Å²) in [6, 6.07) is 23.1. The highest BCUT2D eigenvalue weighted by Crippen LogP contribution is 2.23. The number of nitrogens with zero attached hydrogens (tertiary/aromatic N) is 3. The maximum atomic E-state index is 12.7. The topological polar surface area (TPSA) is 58.7 Å². The zero-order valence-electron chi connectivity index (χ0n) is 14.3. The normalized spacial score (nSPS) is 10.7. The lowest BCUT2D eigenvalue weighted by Crippen LogP contribution is -2.21. The Morgan fingerprint density at radius 3 is 2.59 bits per heavy atom. The van der Waals surface area contributed by atoms with Gasteiger partial charge >= 0.3 is 0 Å². The van der Waals surface area contributed by atoms with Crippen LogP contribution in [0.3, 0.4) is 0 Å². The number of hydrogen-bond donors (Lipinski definition) is 0. The number of fused-ring (bicyclic) bond motifs is 1. The SMILES string of the molecule is N#Cc1ccccc1-c1ccc(Cn2cnc3ccc(Br)cc3c2=O)cc1. The van der Waals surface area contributed by atoms with E-state index in [4.69, 9.17) is 0 Å². The first-order chi connectivity index (χ1) is 13.2. The van der Waals surface area contributed by atoms with Gasteiger partial charge in [0.25, 0.3) is 5.56 Å². The third-order valence-electron chi connectivity index (χ3n) is 4.45. The van der Waals surface area contributed by atoms with Crippen LogP contribution in [0.1, 0.15) is 11.1 Å². The van der Waals surface area contributed by atoms with E-state index < -0.39 is 0 Å². The van der Waals surface area contributed by atoms with Crippen LogP contribution in [0.2, 0.25) is 0 Å². The highest BCUT2D eigenvalue weighted by Gasteiger charge is 2.07. The average molecular weight is 416 g/mol. The van der Waals surface area contributed by atoms with Gasteiger partial charge in [0.05, 0.1) is 35.4 Å². The van der Waals surface area contributed by atoms with E-state index in [1.54, 1.807) is 17.0 Å². The predicted octanol–water partition coefficient (Wildman–Crippen LogP) is 4.75. The van der Waals surface area contributed by atoms with Crippen molar-refractivity contribution in [3.63, 3.8) is 0 Å². The van der Waals surface area contributed by atoms with Crippen molar-refractivity contribution in [1.29, 1.82) is 5.26 Å². The molecule has 0 saturated heterocycles. The van der Waals surface area contributed by atoms with Crippen molar-refractivity contribution < 1.29 is 0 Å². The summed E-state index contributed by atoms with van der Waals surface area (Å²) in [4.78, 5) is 17.1. The molecule has 1 aromatic heterocycles. The molecule has 5 heteroatoms. The van der Waals surface area contributed by atoms with Crippen LogP contribution in [0, 0.1) is 11.3 Å². The van der Waals surface area contributed by atoms with Gasteiger partial charge in [-0.15, -0.1) is 0 Å². The van der Waals surface area contributed by atoms with Crippen molar-refractivity contribution in [2.45, 2.75) is 6.54 Å². The molecule has 0 spiro atoms. The summed E-state index contributed by atoms with van der Waals surface area (Å²) >= 11 is 3.40. The van der Waals surface area contributed by atoms with Crippen LogP contribution < -0.4 is 5.56 Å². The number of hydrogen-bond acceptors (Lipinski definition) is 3. The molecule has 0 aliphatic carbocycles. The molecule has 0 aliphatic heterocycles. The Morgan fingerprint density at radius 1 is 1.04 bits per heavy atom. The van der Waals surface area contributed by atoms with Crippen LogP contribution >= 0.6 is 15.9 Å². The van der Waals surface area contributed by atoms with Gasteiger partial charge in [-0.2, -0.15) is 5.26 Å². The highest BCUT2D eigenvalue weighted by molar-refractivity contribution is 9.10. The molecule has 0 radical (unpaired) electrons. The largest absolute Gasteiger partial charge is 0.294 e. The Labute approximate surface area is 164 Å². The van der Waals surface area contributed by atoms with Crippen molar-refractivity contribution in [1.82, 2.24) is 9.55 Å². The molecule has 4 aromatic rings. The van der Waals surface area contributed by atoms with Gasteiger partial charge in [0.2, 0.25) is 0 Å². The van der Waals surface area contributed by atoms with E-state index >= 15 is 0 Å². The van der Waals surface area contributed by atoms with Crippen LogP contribution in [-0.4, -0.2) is 9.55 Å². The Bertz CT molecular complexity index is 1240. The second-order valence-electron chi connectivity index (χ2n) is 6.19. The Hall–Kier alpha value is -3.23. The van der Waals surface area contributed by atoms with Crippen molar-refractivity contribution >= 4 is 26.8 Å². The highest BCUT2D eigenvalue weighted by atomic mass is 79.9. The summed E-state index contributed by atoms with van der Waals surface area (Å²) in [7, 11) is 0. The summed E-state index contributed by atoms with van der Waals surface area (Å²) in [6.45, 7) is 0.439. The minimum atomic E-state index is -0.0693. The summed E-state index contributed by atoms with van der Waals surface area (Å²) < 4.78 is 2.46. The molecule has 0 fully saturated rings. The van der Waals surface area contributed by atoms with E-state index in [9.17, 15) is 10.1 Å². The fraction of sp³-hybridized carbons (Fsp3) is 0.0455. The van der Waals surface area contributed by atoms with E-state index in [2.05, 4.69) is 27.0 Å². The number of aromatic nitrogens is 2. The minimum absolute atomic E-state index is 0.0693. The molecular weight excluding hydrogens is 402 g/mol. The van der Waals surface area contributed by atoms with Gasteiger partial charge in [0, 0.05) is 4.47 Å². The smallest absolute Gasteiger partial charge is 0.261 e. The summed E-state index contributed by atoms with van der Waals surface area (Å²) in [5.74, 6) is 0. The number of nitriles is 1. The summed E-state index contributed by atoms with van der Waals surface area (Å²) in [6.07, 6.45) is 1.58. The molecule has 0 N–H and O–H groups in total. The maximum absolute atomic E-state index is 12.7. The Balaban J connectivity index is 1.66. The first kappa shape index (κ1) is 17.2. The number of benzene rings is 3. The van der Waals surface area contributed by atoms with E-state index in [-0.39, 0.29) is 5.56 Å². The molecule has 130 valence electrons. The number of halogens is 1. The standard InChI is InChI=1S/C22H14BrN3O/c23-18-9-10-21-20(11-18)22(27)26(14-25-21)13-15-5-7-16(8-6-15)19-4-2-1-3-17(19)12-24/h1-11,14H,13H2. The summed E-state index contributed by atoms with van der Waals surface area (Å²) in [5, 5.41) is 9.86. The fourth-order valence-corrected chi connectivity index (χ4v) is 3.42. The summed E-state index contributed by atoms with van der Waals surface area (Å²) in [5.41, 5.74) is 4.13. The minimum Gasteiger partial charge on any atom is -0.294 e. The van der Waals surface area contributed by atoms with Gasteiger partial charge in [-0.1, -0.05) is 58.4 Å². The first-order valence-electron chi connectivity index (χ1n) is 8.39. The predicted molar refractivity (Wildman–Crippen MR) is 109 cm³/mol. The zero-order chi connectivity index (χ0) is 18.8. The van der Waals surface area contributed by atoms with Crippen molar-refractivity contribution in [2.75, 3.05) is 0 Å². The van der Waals surface area contributed by atoms with Gasteiger partial charge in [0.1, 0.15) is 0 Å². The van der Waals surface area contributed by atoms with Gasteiger partial charge in [-0.05, 0) is 41.0 Å². The van der Waals surface area contributed by atoms with E-state index in [0.717, 1.165) is 21.2 Å². The van der Waals surface area contributed by atoms with E-state index in [1.807, 2.05) is 60.7 Å². The molecule has 0 unspecified atom stereocenters. The van der Waals surface area contributed by atoms with Crippen LogP contribution in [0.15, 0.2) is 82.3 Å². The van der Waals surface area contributed by atoms with Crippen LogP contribution in [-0.2, 0) is 6.54 Å². The molecule has 3 aromatic carbocycles. The molecule has 4 nitrogen and oxygen atoms in total. The third kappa shape index (κ3) is 3.40. The van der Waals surface area contributed by atoms with Crippen molar-refractivity contribution in [2.24, 2.45) is 0 Å². The molecular formula is C22H14BrN3O. The third-order valence-corrected chi connectivity index (χ3v) is 4.94. The second-order valence-corrected chi connectivity index (χ2v) is 7.11. The maximum Gasteiger partial charge on any atom is 0.261 e. The molecule has 0 aliphatic rings. The lowest BCUT2D eigenvalue weighted by atomic mass is 9.99. The lowest BCUT2D eigenvalue weighted by molar-refractivity contribution is 0.748. The molecule has 0 atom stereocenters.